The molecule has 3 nitrogen and oxygen atoms in total. The van der Waals surface area contributed by atoms with Gasteiger partial charge in [0.05, 0.1) is 12.3 Å². The minimum absolute atomic E-state index is 0.625. The van der Waals surface area contributed by atoms with Gasteiger partial charge in [0.25, 0.3) is 0 Å². The fourth-order valence-corrected chi connectivity index (χ4v) is 1.85. The van der Waals surface area contributed by atoms with Crippen LogP contribution in [0.5, 0.6) is 5.75 Å². The molecule has 15 heavy (non-hydrogen) atoms. The number of ether oxygens (including phenoxy) is 1. The topological polar surface area (TPSA) is 24.5 Å². The molecule has 0 spiro atoms. The van der Waals surface area contributed by atoms with Gasteiger partial charge in [0.15, 0.2) is 0 Å². The summed E-state index contributed by atoms with van der Waals surface area (Å²) in [5.41, 5.74) is 1.21. The van der Waals surface area contributed by atoms with Crippen LogP contribution in [0, 0.1) is 0 Å². The van der Waals surface area contributed by atoms with Crippen LogP contribution in [0.15, 0.2) is 24.3 Å². The number of anilines is 1. The molecule has 0 atom stereocenters. The van der Waals surface area contributed by atoms with E-state index in [4.69, 9.17) is 4.74 Å². The van der Waals surface area contributed by atoms with Crippen molar-refractivity contribution in [1.29, 1.82) is 0 Å². The molecular formula is C12H18N2O. The van der Waals surface area contributed by atoms with Crippen molar-refractivity contribution in [3.8, 4) is 5.75 Å². The number of rotatable bonds is 4. The number of hydrogen-bond donors (Lipinski definition) is 1. The van der Waals surface area contributed by atoms with Crippen LogP contribution in [0.25, 0.3) is 0 Å². The van der Waals surface area contributed by atoms with Crippen molar-refractivity contribution in [3.05, 3.63) is 24.3 Å². The molecule has 1 aliphatic heterocycles. The summed E-state index contributed by atoms with van der Waals surface area (Å²) in [7, 11) is 2.01. The van der Waals surface area contributed by atoms with Crippen molar-refractivity contribution >= 4 is 5.69 Å². The zero-order valence-electron chi connectivity index (χ0n) is 9.36. The first-order valence-electron chi connectivity index (χ1n) is 5.49. The lowest BCUT2D eigenvalue weighted by molar-refractivity contribution is 0.337. The molecule has 2 rings (SSSR count). The van der Waals surface area contributed by atoms with Crippen molar-refractivity contribution in [1.82, 2.24) is 5.32 Å². The van der Waals surface area contributed by atoms with Crippen molar-refractivity contribution in [2.24, 2.45) is 0 Å². The molecule has 3 heteroatoms. The third kappa shape index (κ3) is 2.07. The molecule has 0 saturated carbocycles. The van der Waals surface area contributed by atoms with Crippen LogP contribution in [0.3, 0.4) is 0 Å². The minimum Gasteiger partial charge on any atom is -0.492 e. The summed E-state index contributed by atoms with van der Waals surface area (Å²) in [5.74, 6) is 0.995. The Hall–Kier alpha value is -1.22. The summed E-state index contributed by atoms with van der Waals surface area (Å²) in [6.45, 7) is 4.88. The largest absolute Gasteiger partial charge is 0.492 e. The quantitative estimate of drug-likeness (QED) is 0.808. The lowest BCUT2D eigenvalue weighted by Crippen LogP contribution is -2.57. The summed E-state index contributed by atoms with van der Waals surface area (Å²) in [6, 6.07) is 8.86. The summed E-state index contributed by atoms with van der Waals surface area (Å²) < 4.78 is 5.60. The third-order valence-electron chi connectivity index (χ3n) is 2.80. The lowest BCUT2D eigenvalue weighted by atomic mass is 10.1. The van der Waals surface area contributed by atoms with Crippen LogP contribution in [0.1, 0.15) is 6.92 Å². The maximum Gasteiger partial charge on any atom is 0.142 e. The van der Waals surface area contributed by atoms with Gasteiger partial charge in [-0.1, -0.05) is 12.1 Å². The maximum absolute atomic E-state index is 5.60. The molecule has 1 aromatic carbocycles. The predicted molar refractivity (Wildman–Crippen MR) is 62.7 cm³/mol. The molecule has 1 aliphatic rings. The number of nitrogens with one attached hydrogen (secondary N) is 1. The van der Waals surface area contributed by atoms with Gasteiger partial charge in [0, 0.05) is 19.1 Å². The Morgan fingerprint density at radius 2 is 2.13 bits per heavy atom. The van der Waals surface area contributed by atoms with Gasteiger partial charge >= 0.3 is 0 Å². The van der Waals surface area contributed by atoms with E-state index >= 15 is 0 Å². The van der Waals surface area contributed by atoms with Gasteiger partial charge in [-0.15, -0.1) is 0 Å². The van der Waals surface area contributed by atoms with Crippen LogP contribution < -0.4 is 15.0 Å². The normalized spacial score (nSPS) is 16.3. The summed E-state index contributed by atoms with van der Waals surface area (Å²) in [5, 5.41) is 3.27. The number of likely N-dealkylation sites (N-methyl/N-ethyl adjacent to an activating group) is 1. The molecule has 0 bridgehead atoms. The Kier molecular flexibility index (Phi) is 3.11. The Morgan fingerprint density at radius 3 is 2.80 bits per heavy atom. The summed E-state index contributed by atoms with van der Waals surface area (Å²) >= 11 is 0. The highest BCUT2D eigenvalue weighted by Gasteiger charge is 2.26. The number of para-hydroxylation sites is 2. The highest BCUT2D eigenvalue weighted by atomic mass is 16.5. The van der Waals surface area contributed by atoms with Crippen molar-refractivity contribution in [2.45, 2.75) is 13.0 Å². The van der Waals surface area contributed by atoms with Gasteiger partial charge in [0.1, 0.15) is 5.75 Å². The molecular weight excluding hydrogens is 188 g/mol. The molecule has 1 aromatic rings. The average molecular weight is 206 g/mol. The van der Waals surface area contributed by atoms with Crippen molar-refractivity contribution in [2.75, 3.05) is 31.6 Å². The summed E-state index contributed by atoms with van der Waals surface area (Å²) in [4.78, 5) is 2.34. The molecule has 1 heterocycles. The second kappa shape index (κ2) is 4.53. The average Bonchev–Trinajstić information content (AvgIpc) is 2.19. The second-order valence-corrected chi connectivity index (χ2v) is 3.79. The second-order valence-electron chi connectivity index (χ2n) is 3.79. The SMILES string of the molecule is CCOc1ccccc1N1CC(NC)C1. The molecule has 1 fully saturated rings. The first-order chi connectivity index (χ1) is 7.35. The van der Waals surface area contributed by atoms with Gasteiger partial charge in [-0.2, -0.15) is 0 Å². The van der Waals surface area contributed by atoms with E-state index in [9.17, 15) is 0 Å². The predicted octanol–water partition coefficient (Wildman–Crippen LogP) is 1.49. The molecule has 82 valence electrons. The third-order valence-corrected chi connectivity index (χ3v) is 2.80. The first-order valence-corrected chi connectivity index (χ1v) is 5.49. The van der Waals surface area contributed by atoms with Crippen LogP contribution in [-0.2, 0) is 0 Å². The standard InChI is InChI=1S/C12H18N2O/c1-3-15-12-7-5-4-6-11(12)14-8-10(9-14)13-2/h4-7,10,13H,3,8-9H2,1-2H3. The smallest absolute Gasteiger partial charge is 0.142 e. The van der Waals surface area contributed by atoms with Gasteiger partial charge in [-0.3, -0.25) is 0 Å². The number of benzene rings is 1. The lowest BCUT2D eigenvalue weighted by Gasteiger charge is -2.41. The van der Waals surface area contributed by atoms with Crippen molar-refractivity contribution in [3.63, 3.8) is 0 Å². The zero-order chi connectivity index (χ0) is 10.7. The molecule has 1 N–H and O–H groups in total. The van der Waals surface area contributed by atoms with Gasteiger partial charge < -0.3 is 15.0 Å². The van der Waals surface area contributed by atoms with Crippen molar-refractivity contribution < 1.29 is 4.74 Å². The number of hydrogen-bond acceptors (Lipinski definition) is 3. The molecule has 0 aliphatic carbocycles. The molecule has 0 amide bonds. The van der Waals surface area contributed by atoms with E-state index in [2.05, 4.69) is 22.3 Å². The van der Waals surface area contributed by atoms with E-state index in [1.54, 1.807) is 0 Å². The summed E-state index contributed by atoms with van der Waals surface area (Å²) in [6.07, 6.45) is 0. The zero-order valence-corrected chi connectivity index (χ0v) is 9.36. The minimum atomic E-state index is 0.625. The Morgan fingerprint density at radius 1 is 1.40 bits per heavy atom. The molecule has 0 aromatic heterocycles. The van der Waals surface area contributed by atoms with E-state index in [0.29, 0.717) is 6.04 Å². The Bertz CT molecular complexity index is 321. The highest BCUT2D eigenvalue weighted by Crippen LogP contribution is 2.31. The van der Waals surface area contributed by atoms with Gasteiger partial charge in [-0.05, 0) is 26.1 Å². The van der Waals surface area contributed by atoms with Crippen LogP contribution in [-0.4, -0.2) is 32.8 Å². The van der Waals surface area contributed by atoms with E-state index in [0.717, 1.165) is 25.4 Å². The highest BCUT2D eigenvalue weighted by molar-refractivity contribution is 5.60. The molecule has 0 unspecified atom stereocenters. The Balaban J connectivity index is 2.07. The van der Waals surface area contributed by atoms with Gasteiger partial charge in [-0.25, -0.2) is 0 Å². The van der Waals surface area contributed by atoms with E-state index in [-0.39, 0.29) is 0 Å². The van der Waals surface area contributed by atoms with Gasteiger partial charge in [0.2, 0.25) is 0 Å². The fraction of sp³-hybridized carbons (Fsp3) is 0.500. The molecule has 1 saturated heterocycles. The van der Waals surface area contributed by atoms with Crippen LogP contribution in [0.2, 0.25) is 0 Å². The fourth-order valence-electron chi connectivity index (χ4n) is 1.85. The first kappa shape index (κ1) is 10.3. The van der Waals surface area contributed by atoms with E-state index in [1.165, 1.54) is 5.69 Å². The van der Waals surface area contributed by atoms with E-state index in [1.807, 2.05) is 26.1 Å². The monoisotopic (exact) mass is 206 g/mol. The van der Waals surface area contributed by atoms with E-state index < -0.39 is 0 Å². The van der Waals surface area contributed by atoms with Crippen LogP contribution >= 0.6 is 0 Å². The Labute approximate surface area is 91.0 Å². The number of nitrogens with zero attached hydrogens (tertiary/aromatic N) is 1. The van der Waals surface area contributed by atoms with Crippen LogP contribution in [0.4, 0.5) is 5.69 Å². The maximum atomic E-state index is 5.60. The molecule has 0 radical (unpaired) electrons.